The van der Waals surface area contributed by atoms with E-state index in [1.165, 1.54) is 17.9 Å². The third-order valence-electron chi connectivity index (χ3n) is 2.27. The van der Waals surface area contributed by atoms with Crippen molar-refractivity contribution >= 4 is 21.9 Å². The number of aliphatic carboxylic acids is 1. The number of carbonyl (C=O) groups is 2. The second kappa shape index (κ2) is 5.80. The van der Waals surface area contributed by atoms with Gasteiger partial charge in [0.1, 0.15) is 10.9 Å². The Labute approximate surface area is 109 Å². The van der Waals surface area contributed by atoms with E-state index in [2.05, 4.69) is 5.10 Å². The number of hydrogen-bond acceptors (Lipinski definition) is 5. The van der Waals surface area contributed by atoms with Gasteiger partial charge in [-0.05, 0) is 6.42 Å². The lowest BCUT2D eigenvalue weighted by Crippen LogP contribution is -2.41. The Bertz CT molecular complexity index is 579. The Morgan fingerprint density at radius 2 is 2.21 bits per heavy atom. The molecule has 1 aromatic rings. The predicted molar refractivity (Wildman–Crippen MR) is 63.4 cm³/mol. The van der Waals surface area contributed by atoms with Crippen molar-refractivity contribution in [1.29, 1.82) is 0 Å². The molecule has 1 rings (SSSR count). The van der Waals surface area contributed by atoms with Crippen LogP contribution in [0.2, 0.25) is 0 Å². The molecule has 0 radical (unpaired) electrons. The number of primary amides is 1. The highest BCUT2D eigenvalue weighted by atomic mass is 32.2. The number of nitrogens with one attached hydrogen (secondary N) is 1. The number of carbonyl (C=O) groups excluding carboxylic acids is 1. The predicted octanol–water partition coefficient (Wildman–Crippen LogP) is -1.58. The van der Waals surface area contributed by atoms with Crippen molar-refractivity contribution in [3.05, 3.63) is 12.4 Å². The van der Waals surface area contributed by atoms with Gasteiger partial charge in [-0.3, -0.25) is 14.3 Å². The number of nitrogens with two attached hydrogens (primary N) is 1. The lowest BCUT2D eigenvalue weighted by molar-refractivity contribution is -0.139. The van der Waals surface area contributed by atoms with Gasteiger partial charge >= 0.3 is 5.97 Å². The number of aryl methyl sites for hydroxylation is 1. The molecule has 1 aromatic heterocycles. The molecule has 1 unspecified atom stereocenters. The van der Waals surface area contributed by atoms with Crippen LogP contribution in [0.5, 0.6) is 0 Å². The van der Waals surface area contributed by atoms with Gasteiger partial charge in [-0.2, -0.15) is 9.82 Å². The van der Waals surface area contributed by atoms with Crippen LogP contribution in [0.15, 0.2) is 17.3 Å². The number of nitrogens with zero attached hydrogens (tertiary/aromatic N) is 2. The summed E-state index contributed by atoms with van der Waals surface area (Å²) < 4.78 is 27.0. The third-order valence-corrected chi connectivity index (χ3v) is 3.69. The molecule has 0 aliphatic heterocycles. The zero-order valence-corrected chi connectivity index (χ0v) is 10.9. The summed E-state index contributed by atoms with van der Waals surface area (Å²) in [5.41, 5.74) is 4.90. The average Bonchev–Trinajstić information content (AvgIpc) is 2.71. The molecule has 9 nitrogen and oxygen atoms in total. The third kappa shape index (κ3) is 4.34. The number of amides is 1. The normalized spacial score (nSPS) is 13.1. The zero-order valence-electron chi connectivity index (χ0n) is 10.1. The minimum absolute atomic E-state index is 0.152. The molecule has 1 heterocycles. The molecular weight excluding hydrogens is 276 g/mol. The van der Waals surface area contributed by atoms with Crippen LogP contribution in [-0.4, -0.2) is 41.2 Å². The fraction of sp³-hybridized carbons (Fsp3) is 0.444. The van der Waals surface area contributed by atoms with Crippen LogP contribution in [0.25, 0.3) is 0 Å². The number of carboxylic acids is 1. The first-order valence-electron chi connectivity index (χ1n) is 5.24. The van der Waals surface area contributed by atoms with Gasteiger partial charge in [0, 0.05) is 19.7 Å². The van der Waals surface area contributed by atoms with Gasteiger partial charge in [-0.1, -0.05) is 0 Å². The summed E-state index contributed by atoms with van der Waals surface area (Å²) in [6.07, 6.45) is 1.88. The van der Waals surface area contributed by atoms with Gasteiger partial charge in [-0.25, -0.2) is 8.42 Å². The van der Waals surface area contributed by atoms with Crippen molar-refractivity contribution in [2.75, 3.05) is 0 Å². The fourth-order valence-corrected chi connectivity index (χ4v) is 2.52. The van der Waals surface area contributed by atoms with Gasteiger partial charge < -0.3 is 10.8 Å². The lowest BCUT2D eigenvalue weighted by Gasteiger charge is -2.12. The number of sulfonamides is 1. The molecule has 0 aromatic carbocycles. The van der Waals surface area contributed by atoms with E-state index in [-0.39, 0.29) is 17.7 Å². The van der Waals surface area contributed by atoms with Crippen LogP contribution in [0.1, 0.15) is 12.8 Å². The van der Waals surface area contributed by atoms with Crippen molar-refractivity contribution in [1.82, 2.24) is 14.5 Å². The van der Waals surface area contributed by atoms with Crippen LogP contribution in [0.4, 0.5) is 0 Å². The minimum atomic E-state index is -4.00. The Morgan fingerprint density at radius 3 is 2.63 bits per heavy atom. The van der Waals surface area contributed by atoms with Crippen LogP contribution in [-0.2, 0) is 26.7 Å². The molecule has 0 saturated carbocycles. The summed E-state index contributed by atoms with van der Waals surface area (Å²) in [4.78, 5) is 21.4. The van der Waals surface area contributed by atoms with Gasteiger partial charge in [0.05, 0.1) is 6.20 Å². The SMILES string of the molecule is Cn1cc(S(=O)(=O)NC(CCC(N)=O)C(=O)O)cn1. The van der Waals surface area contributed by atoms with Crippen LogP contribution >= 0.6 is 0 Å². The van der Waals surface area contributed by atoms with Gasteiger partial charge in [0.25, 0.3) is 0 Å². The van der Waals surface area contributed by atoms with E-state index in [0.717, 1.165) is 6.20 Å². The van der Waals surface area contributed by atoms with E-state index in [9.17, 15) is 18.0 Å². The monoisotopic (exact) mass is 290 g/mol. The zero-order chi connectivity index (χ0) is 14.6. The highest BCUT2D eigenvalue weighted by Crippen LogP contribution is 2.09. The molecule has 0 bridgehead atoms. The van der Waals surface area contributed by atoms with Crippen molar-refractivity contribution in [3.63, 3.8) is 0 Å². The van der Waals surface area contributed by atoms with Crippen LogP contribution < -0.4 is 10.5 Å². The molecule has 4 N–H and O–H groups in total. The van der Waals surface area contributed by atoms with Crippen LogP contribution in [0.3, 0.4) is 0 Å². The maximum atomic E-state index is 11.9. The molecule has 1 atom stereocenters. The highest BCUT2D eigenvalue weighted by molar-refractivity contribution is 7.89. The lowest BCUT2D eigenvalue weighted by atomic mass is 10.2. The molecule has 0 spiro atoms. The Balaban J connectivity index is 2.84. The average molecular weight is 290 g/mol. The first-order valence-corrected chi connectivity index (χ1v) is 6.73. The summed E-state index contributed by atoms with van der Waals surface area (Å²) >= 11 is 0. The maximum Gasteiger partial charge on any atom is 0.321 e. The molecule has 1 amide bonds. The standard InChI is InChI=1S/C9H14N4O5S/c1-13-5-6(4-11-13)19(17,18)12-7(9(15)16)2-3-8(10)14/h4-5,7,12H,2-3H2,1H3,(H2,10,14)(H,15,16). The largest absolute Gasteiger partial charge is 0.480 e. The molecule has 0 aliphatic rings. The summed E-state index contributed by atoms with van der Waals surface area (Å²) in [5, 5.41) is 12.6. The molecule has 0 fully saturated rings. The second-order valence-electron chi connectivity index (χ2n) is 3.87. The van der Waals surface area contributed by atoms with Gasteiger partial charge in [-0.15, -0.1) is 0 Å². The molecule has 10 heteroatoms. The van der Waals surface area contributed by atoms with E-state index in [1.54, 1.807) is 0 Å². The number of aromatic nitrogens is 2. The Hall–Kier alpha value is -1.94. The van der Waals surface area contributed by atoms with Crippen molar-refractivity contribution < 1.29 is 23.1 Å². The van der Waals surface area contributed by atoms with E-state index in [4.69, 9.17) is 10.8 Å². The second-order valence-corrected chi connectivity index (χ2v) is 5.58. The van der Waals surface area contributed by atoms with Crippen molar-refractivity contribution in [2.24, 2.45) is 12.8 Å². The van der Waals surface area contributed by atoms with E-state index < -0.39 is 27.9 Å². The summed E-state index contributed by atoms with van der Waals surface area (Å²) in [5.74, 6) is -2.08. The molecular formula is C9H14N4O5S. The topological polar surface area (TPSA) is 144 Å². The van der Waals surface area contributed by atoms with Gasteiger partial charge in [0.15, 0.2) is 0 Å². The number of hydrogen-bond donors (Lipinski definition) is 3. The number of carboxylic acid groups (broad SMARTS) is 1. The summed E-state index contributed by atoms with van der Waals surface area (Å²) in [7, 11) is -2.47. The van der Waals surface area contributed by atoms with E-state index in [0.29, 0.717) is 0 Å². The Morgan fingerprint density at radius 1 is 1.58 bits per heavy atom. The van der Waals surface area contributed by atoms with E-state index >= 15 is 0 Å². The molecule has 0 aliphatic carbocycles. The summed E-state index contributed by atoms with van der Waals surface area (Å²) in [6.45, 7) is 0. The molecule has 0 saturated heterocycles. The molecule has 106 valence electrons. The fourth-order valence-electron chi connectivity index (χ4n) is 1.31. The van der Waals surface area contributed by atoms with Crippen molar-refractivity contribution in [2.45, 2.75) is 23.8 Å². The smallest absolute Gasteiger partial charge is 0.321 e. The van der Waals surface area contributed by atoms with Gasteiger partial charge in [0.2, 0.25) is 15.9 Å². The first-order chi connectivity index (χ1) is 8.72. The summed E-state index contributed by atoms with van der Waals surface area (Å²) in [6, 6.07) is -1.42. The van der Waals surface area contributed by atoms with Crippen molar-refractivity contribution in [3.8, 4) is 0 Å². The maximum absolute atomic E-state index is 11.9. The first kappa shape index (κ1) is 15.1. The Kier molecular flexibility index (Phi) is 4.62. The van der Waals surface area contributed by atoms with Crippen LogP contribution in [0, 0.1) is 0 Å². The van der Waals surface area contributed by atoms with E-state index in [1.807, 2.05) is 4.72 Å². The number of rotatable bonds is 7. The highest BCUT2D eigenvalue weighted by Gasteiger charge is 2.26. The minimum Gasteiger partial charge on any atom is -0.480 e. The molecule has 19 heavy (non-hydrogen) atoms. The quantitative estimate of drug-likeness (QED) is 0.552.